The molecule has 10 heteroatoms. The van der Waals surface area contributed by atoms with Crippen LogP contribution < -0.4 is 11.2 Å². The zero-order chi connectivity index (χ0) is 23.6. The van der Waals surface area contributed by atoms with Crippen LogP contribution in [0.1, 0.15) is 47.8 Å². The Morgan fingerprint density at radius 1 is 1.03 bits per heavy atom. The third-order valence-corrected chi connectivity index (χ3v) is 16.3. The minimum atomic E-state index is -2.26. The Morgan fingerprint density at radius 3 is 2.00 bits per heavy atom. The Bertz CT molecular complexity index is 937. The molecule has 0 aromatic carbocycles. The van der Waals surface area contributed by atoms with Crippen LogP contribution in [-0.4, -0.2) is 50.8 Å². The summed E-state index contributed by atoms with van der Waals surface area (Å²) in [4.78, 5) is 26.6. The average Bonchev–Trinajstić information content (AvgIpc) is 3.29. The number of H-pyrrole nitrogens is 1. The molecule has 1 aromatic heterocycles. The molecule has 0 aliphatic carbocycles. The van der Waals surface area contributed by atoms with E-state index in [0.29, 0.717) is 6.61 Å². The minimum Gasteiger partial charge on any atom is -0.406 e. The Labute approximate surface area is 186 Å². The molecule has 2 fully saturated rings. The largest absolute Gasteiger partial charge is 0.406 e. The molecule has 2 saturated heterocycles. The van der Waals surface area contributed by atoms with Gasteiger partial charge in [0.15, 0.2) is 22.9 Å². The van der Waals surface area contributed by atoms with E-state index in [-0.39, 0.29) is 10.1 Å². The highest BCUT2D eigenvalue weighted by molar-refractivity contribution is 6.74. The van der Waals surface area contributed by atoms with Crippen LogP contribution in [0.25, 0.3) is 0 Å². The summed E-state index contributed by atoms with van der Waals surface area (Å²) in [6, 6.07) is 1.32. The fourth-order valence-corrected chi connectivity index (χ4v) is 5.75. The SMILES string of the molecule is CC(C)(C)[Si](C)(C)O[C@H]1[C@H](n2ccc(=O)[nH]c2=O)OC2(CO2)[C@H]1O[Si](C)(C)C(C)(C)C. The van der Waals surface area contributed by atoms with Crippen LogP contribution >= 0.6 is 0 Å². The molecule has 176 valence electrons. The maximum Gasteiger partial charge on any atom is 0.330 e. The molecule has 1 aromatic rings. The Morgan fingerprint density at radius 2 is 1.55 bits per heavy atom. The molecule has 2 aliphatic rings. The van der Waals surface area contributed by atoms with Gasteiger partial charge in [0.05, 0.1) is 0 Å². The van der Waals surface area contributed by atoms with Gasteiger partial charge in [-0.1, -0.05) is 41.5 Å². The van der Waals surface area contributed by atoms with E-state index >= 15 is 0 Å². The molecule has 4 atom stereocenters. The number of rotatable bonds is 5. The van der Waals surface area contributed by atoms with Gasteiger partial charge in [0.1, 0.15) is 18.8 Å². The smallest absolute Gasteiger partial charge is 0.330 e. The number of ether oxygens (including phenoxy) is 2. The molecule has 31 heavy (non-hydrogen) atoms. The van der Waals surface area contributed by atoms with E-state index in [4.69, 9.17) is 18.3 Å². The van der Waals surface area contributed by atoms with Gasteiger partial charge in [-0.15, -0.1) is 0 Å². The van der Waals surface area contributed by atoms with Crippen LogP contribution in [0.15, 0.2) is 21.9 Å². The van der Waals surface area contributed by atoms with Gasteiger partial charge in [-0.25, -0.2) is 4.79 Å². The first kappa shape index (κ1) is 24.6. The summed E-state index contributed by atoms with van der Waals surface area (Å²) >= 11 is 0. The maximum atomic E-state index is 12.6. The molecule has 8 nitrogen and oxygen atoms in total. The summed E-state index contributed by atoms with van der Waals surface area (Å²) in [6.07, 6.45) is -0.304. The summed E-state index contributed by atoms with van der Waals surface area (Å²) < 4.78 is 27.2. The Balaban J connectivity index is 2.07. The van der Waals surface area contributed by atoms with Crippen LogP contribution in [0.2, 0.25) is 36.3 Å². The molecule has 1 unspecified atom stereocenters. The van der Waals surface area contributed by atoms with E-state index < -0.39 is 52.1 Å². The predicted molar refractivity (Wildman–Crippen MR) is 124 cm³/mol. The third-order valence-electron chi connectivity index (χ3n) is 7.35. The Hall–Kier alpha value is -1.05. The first-order valence-electron chi connectivity index (χ1n) is 10.9. The molecule has 0 radical (unpaired) electrons. The average molecular weight is 471 g/mol. The lowest BCUT2D eigenvalue weighted by Gasteiger charge is -2.43. The summed E-state index contributed by atoms with van der Waals surface area (Å²) in [5.41, 5.74) is -0.988. The van der Waals surface area contributed by atoms with Crippen molar-refractivity contribution in [2.45, 2.75) is 102 Å². The predicted octanol–water partition coefficient (Wildman–Crippen LogP) is 3.57. The zero-order valence-electron chi connectivity index (χ0n) is 20.5. The summed E-state index contributed by atoms with van der Waals surface area (Å²) in [5.74, 6) is -0.928. The lowest BCUT2D eigenvalue weighted by Crippen LogP contribution is -2.54. The lowest BCUT2D eigenvalue weighted by molar-refractivity contribution is -0.0978. The monoisotopic (exact) mass is 470 g/mol. The fourth-order valence-electron chi connectivity index (χ4n) is 3.17. The molecule has 0 bridgehead atoms. The highest BCUT2D eigenvalue weighted by atomic mass is 28.4. The highest BCUT2D eigenvalue weighted by Gasteiger charge is 2.68. The fraction of sp³-hybridized carbons (Fsp3) is 0.810. The van der Waals surface area contributed by atoms with Gasteiger partial charge in [0, 0.05) is 12.3 Å². The summed E-state index contributed by atoms with van der Waals surface area (Å²) in [7, 11) is -4.46. The number of aromatic amines is 1. The molecule has 0 amide bonds. The van der Waals surface area contributed by atoms with Gasteiger partial charge < -0.3 is 18.3 Å². The van der Waals surface area contributed by atoms with E-state index in [1.165, 1.54) is 16.8 Å². The van der Waals surface area contributed by atoms with Crippen molar-refractivity contribution in [1.82, 2.24) is 9.55 Å². The van der Waals surface area contributed by atoms with E-state index in [1.807, 2.05) is 0 Å². The molecule has 3 rings (SSSR count). The number of nitrogens with zero attached hydrogens (tertiary/aromatic N) is 1. The molecular weight excluding hydrogens is 432 g/mol. The van der Waals surface area contributed by atoms with Crippen LogP contribution in [-0.2, 0) is 18.3 Å². The molecule has 0 saturated carbocycles. The first-order chi connectivity index (χ1) is 13.9. The van der Waals surface area contributed by atoms with Crippen LogP contribution in [0.3, 0.4) is 0 Å². The quantitative estimate of drug-likeness (QED) is 0.522. The highest BCUT2D eigenvalue weighted by Crippen LogP contribution is 2.53. The number of nitrogens with one attached hydrogen (secondary N) is 1. The minimum absolute atomic E-state index is 0.0164. The van der Waals surface area contributed by atoms with Crippen molar-refractivity contribution in [1.29, 1.82) is 0 Å². The van der Waals surface area contributed by atoms with Gasteiger partial charge >= 0.3 is 5.69 Å². The summed E-state index contributed by atoms with van der Waals surface area (Å²) in [6.45, 7) is 22.2. The third kappa shape index (κ3) is 4.56. The number of hydrogen-bond acceptors (Lipinski definition) is 6. The van der Waals surface area contributed by atoms with Gasteiger partial charge in [-0.3, -0.25) is 14.3 Å². The van der Waals surface area contributed by atoms with E-state index in [1.54, 1.807) is 0 Å². The second kappa shape index (κ2) is 7.49. The second-order valence-corrected chi connectivity index (χ2v) is 21.3. The van der Waals surface area contributed by atoms with Crippen molar-refractivity contribution < 1.29 is 18.3 Å². The van der Waals surface area contributed by atoms with Gasteiger partial charge in [0.25, 0.3) is 5.56 Å². The molecule has 1 N–H and O–H groups in total. The first-order valence-corrected chi connectivity index (χ1v) is 16.7. The van der Waals surface area contributed by atoms with Crippen LogP contribution in [0.4, 0.5) is 0 Å². The summed E-state index contributed by atoms with van der Waals surface area (Å²) in [5, 5.41) is -0.0628. The van der Waals surface area contributed by atoms with Gasteiger partial charge in [-0.2, -0.15) is 0 Å². The molecule has 1 spiro atoms. The van der Waals surface area contributed by atoms with E-state index in [9.17, 15) is 9.59 Å². The van der Waals surface area contributed by atoms with Gasteiger partial charge in [-0.05, 0) is 36.3 Å². The standard InChI is InChI=1S/C21H38N2O6Si2/c1-19(2,3)30(7,8)28-15-16(29-31(9,10)20(4,5)6)21(13-26-21)27-17(15)23-12-11-14(24)22-18(23)25/h11-12,15-17H,13H2,1-10H3,(H,22,24,25)/t15-,16+,17-,21?/m1/s1. The maximum absolute atomic E-state index is 12.6. The van der Waals surface area contributed by atoms with Crippen molar-refractivity contribution >= 4 is 16.6 Å². The number of epoxide rings is 1. The van der Waals surface area contributed by atoms with Crippen LogP contribution in [0.5, 0.6) is 0 Å². The van der Waals surface area contributed by atoms with Crippen molar-refractivity contribution in [3.8, 4) is 0 Å². The number of aromatic nitrogens is 2. The molecule has 2 aliphatic heterocycles. The van der Waals surface area contributed by atoms with Crippen molar-refractivity contribution in [2.24, 2.45) is 0 Å². The Kier molecular flexibility index (Phi) is 5.94. The van der Waals surface area contributed by atoms with E-state index in [2.05, 4.69) is 72.7 Å². The van der Waals surface area contributed by atoms with Crippen molar-refractivity contribution in [3.63, 3.8) is 0 Å². The second-order valence-electron chi connectivity index (χ2n) is 11.8. The van der Waals surface area contributed by atoms with Crippen molar-refractivity contribution in [2.75, 3.05) is 6.61 Å². The lowest BCUT2D eigenvalue weighted by atomic mass is 10.1. The molecule has 3 heterocycles. The normalized spacial score (nSPS) is 29.5. The van der Waals surface area contributed by atoms with Crippen molar-refractivity contribution in [3.05, 3.63) is 33.1 Å². The zero-order valence-corrected chi connectivity index (χ0v) is 22.5. The number of hydrogen-bond donors (Lipinski definition) is 1. The van der Waals surface area contributed by atoms with Crippen LogP contribution in [0, 0.1) is 0 Å². The van der Waals surface area contributed by atoms with Gasteiger partial charge in [0.2, 0.25) is 5.79 Å². The molecular formula is C21H38N2O6Si2. The van der Waals surface area contributed by atoms with E-state index in [0.717, 1.165) is 0 Å². The topological polar surface area (TPSA) is 95.1 Å².